The molecule has 0 fully saturated rings. The molecule has 0 radical (unpaired) electrons. The molecule has 11 heteroatoms. The first-order chi connectivity index (χ1) is 30.6. The summed E-state index contributed by atoms with van der Waals surface area (Å²) >= 11 is 0. The Bertz CT molecular complexity index is 2950. The molecule has 62 heavy (non-hydrogen) atoms. The molecule has 2 atom stereocenters. The van der Waals surface area contributed by atoms with Gasteiger partial charge in [0.05, 0.1) is 34.5 Å². The van der Waals surface area contributed by atoms with Crippen LogP contribution >= 0.6 is 7.14 Å². The molecule has 0 bridgehead atoms. The summed E-state index contributed by atoms with van der Waals surface area (Å²) in [7, 11) is -4.01. The van der Waals surface area contributed by atoms with Crippen LogP contribution in [-0.4, -0.2) is 27.1 Å². The Kier molecular flexibility index (Phi) is 8.33. The van der Waals surface area contributed by atoms with Crippen LogP contribution in [0.5, 0.6) is 28.7 Å². The Hall–Kier alpha value is -7.94. The van der Waals surface area contributed by atoms with Crippen LogP contribution in [-0.2, 0) is 4.57 Å². The lowest BCUT2D eigenvalue weighted by Gasteiger charge is -2.41. The van der Waals surface area contributed by atoms with Gasteiger partial charge in [-0.3, -0.25) is 9.80 Å². The summed E-state index contributed by atoms with van der Waals surface area (Å²) in [5, 5.41) is 0. The number of allylic oxidation sites excluding steroid dienone is 2. The van der Waals surface area contributed by atoms with Crippen LogP contribution in [0.4, 0.5) is 45.9 Å². The normalized spacial score (nSPS) is 16.6. The maximum Gasteiger partial charge on any atom is 0.223 e. The molecule has 6 heterocycles. The van der Waals surface area contributed by atoms with Crippen molar-refractivity contribution >= 4 is 69.3 Å². The summed E-state index contributed by atoms with van der Waals surface area (Å²) < 4.78 is 36.0. The van der Waals surface area contributed by atoms with Gasteiger partial charge in [0.15, 0.2) is 23.0 Å². The summed E-state index contributed by atoms with van der Waals surface area (Å²) in [6.45, 7) is 0. The van der Waals surface area contributed by atoms with Crippen molar-refractivity contribution in [2.24, 2.45) is 0 Å². The van der Waals surface area contributed by atoms with Crippen molar-refractivity contribution in [1.82, 2.24) is 15.0 Å². The number of nitrogens with zero attached hydrogens (tertiary/aromatic N) is 6. The van der Waals surface area contributed by atoms with E-state index in [0.717, 1.165) is 34.2 Å². The third-order valence-corrected chi connectivity index (χ3v) is 14.1. The number of fused-ring (bicyclic) bond motifs is 6. The van der Waals surface area contributed by atoms with Crippen LogP contribution < -0.4 is 45.2 Å². The third kappa shape index (κ3) is 5.72. The number of pyridine rings is 3. The van der Waals surface area contributed by atoms with Gasteiger partial charge in [-0.2, -0.15) is 0 Å². The molecule has 12 rings (SSSR count). The Labute approximate surface area is 357 Å². The second kappa shape index (κ2) is 14.4. The van der Waals surface area contributed by atoms with Crippen molar-refractivity contribution in [3.05, 3.63) is 200 Å². The lowest BCUT2D eigenvalue weighted by Crippen LogP contribution is -2.46. The van der Waals surface area contributed by atoms with Crippen molar-refractivity contribution in [1.29, 1.82) is 0 Å². The molecule has 3 aromatic heterocycles. The summed E-state index contributed by atoms with van der Waals surface area (Å²) in [5.74, 6) is 5.24. The second-order valence-corrected chi connectivity index (χ2v) is 17.7. The smallest absolute Gasteiger partial charge is 0.223 e. The molecule has 4 aliphatic rings. The number of anilines is 8. The van der Waals surface area contributed by atoms with Gasteiger partial charge in [0, 0.05) is 0 Å². The van der Waals surface area contributed by atoms with Crippen LogP contribution in [0.1, 0.15) is 0 Å². The van der Waals surface area contributed by atoms with Crippen LogP contribution in [0, 0.1) is 0 Å². The van der Waals surface area contributed by atoms with Gasteiger partial charge in [-0.1, -0.05) is 97.1 Å². The average molecular weight is 827 g/mol. The van der Waals surface area contributed by atoms with E-state index in [2.05, 4.69) is 17.1 Å². The monoisotopic (exact) mass is 826 g/mol. The van der Waals surface area contributed by atoms with E-state index in [1.807, 2.05) is 198 Å². The molecular weight excluding hydrogens is 792 g/mol. The van der Waals surface area contributed by atoms with Crippen molar-refractivity contribution in [2.45, 2.75) is 12.1 Å². The van der Waals surface area contributed by atoms with E-state index in [4.69, 9.17) is 29.2 Å². The SMILES string of the molecule is O=P(c1cccc(N2c3ccccc3Oc3ccccc32)n1)(c1cccc(N2c3ccccc3Oc3ccccc32)n1)c1cccc(N2c3ccccc3OC3C=CC=CC32)n1. The number of para-hydroxylation sites is 10. The topological polar surface area (TPSA) is 93.2 Å². The Morgan fingerprint density at radius 1 is 0.403 bits per heavy atom. The van der Waals surface area contributed by atoms with Gasteiger partial charge < -0.3 is 23.7 Å². The number of hydrogen-bond donors (Lipinski definition) is 0. The number of benzene rings is 5. The fourth-order valence-corrected chi connectivity index (χ4v) is 11.0. The van der Waals surface area contributed by atoms with Crippen molar-refractivity contribution in [2.75, 3.05) is 14.7 Å². The Balaban J connectivity index is 1.06. The molecule has 1 aliphatic carbocycles. The fourth-order valence-electron chi connectivity index (χ4n) is 8.66. The first-order valence-corrected chi connectivity index (χ1v) is 22.1. The van der Waals surface area contributed by atoms with Crippen molar-refractivity contribution < 1.29 is 18.8 Å². The summed E-state index contributed by atoms with van der Waals surface area (Å²) in [5.41, 5.74) is 5.10. The molecule has 8 aromatic rings. The molecule has 0 amide bonds. The summed E-state index contributed by atoms with van der Waals surface area (Å²) in [4.78, 5) is 22.2. The number of rotatable bonds is 6. The van der Waals surface area contributed by atoms with Crippen LogP contribution in [0.15, 0.2) is 200 Å². The van der Waals surface area contributed by atoms with Gasteiger partial charge in [-0.05, 0) is 103 Å². The lowest BCUT2D eigenvalue weighted by molar-refractivity contribution is 0.217. The van der Waals surface area contributed by atoms with E-state index in [9.17, 15) is 0 Å². The highest BCUT2D eigenvalue weighted by atomic mass is 31.2. The Morgan fingerprint density at radius 2 is 0.790 bits per heavy atom. The quantitative estimate of drug-likeness (QED) is 0.151. The average Bonchev–Trinajstić information content (AvgIpc) is 3.34. The summed E-state index contributed by atoms with van der Waals surface area (Å²) in [6.07, 6.45) is 7.94. The summed E-state index contributed by atoms with van der Waals surface area (Å²) in [6, 6.07) is 56.1. The van der Waals surface area contributed by atoms with Crippen LogP contribution in [0.3, 0.4) is 0 Å². The molecule has 10 nitrogen and oxygen atoms in total. The zero-order valence-electron chi connectivity index (χ0n) is 33.0. The van der Waals surface area contributed by atoms with Gasteiger partial charge in [0.2, 0.25) is 7.14 Å². The molecule has 0 saturated carbocycles. The molecule has 2 unspecified atom stereocenters. The van der Waals surface area contributed by atoms with E-state index in [1.54, 1.807) is 0 Å². The number of aromatic nitrogens is 3. The molecule has 298 valence electrons. The number of ether oxygens (including phenoxy) is 3. The first-order valence-electron chi connectivity index (χ1n) is 20.4. The van der Waals surface area contributed by atoms with E-state index >= 15 is 4.57 Å². The molecule has 0 N–H and O–H groups in total. The minimum atomic E-state index is -4.01. The second-order valence-electron chi connectivity index (χ2n) is 15.1. The third-order valence-electron chi connectivity index (χ3n) is 11.4. The van der Waals surface area contributed by atoms with Gasteiger partial charge in [-0.25, -0.2) is 15.0 Å². The van der Waals surface area contributed by atoms with Crippen LogP contribution in [0.2, 0.25) is 0 Å². The van der Waals surface area contributed by atoms with Gasteiger partial charge >= 0.3 is 0 Å². The zero-order chi connectivity index (χ0) is 41.2. The van der Waals surface area contributed by atoms with Crippen LogP contribution in [0.25, 0.3) is 0 Å². The molecule has 0 spiro atoms. The maximum atomic E-state index is 16.9. The first kappa shape index (κ1) is 36.0. The fraction of sp³-hybridized carbons (Fsp3) is 0.0392. The highest BCUT2D eigenvalue weighted by molar-refractivity contribution is 7.84. The molecule has 5 aromatic carbocycles. The molecular formula is C51H35N6O4P. The van der Waals surface area contributed by atoms with Gasteiger partial charge in [-0.15, -0.1) is 0 Å². The van der Waals surface area contributed by atoms with Crippen molar-refractivity contribution in [3.63, 3.8) is 0 Å². The Morgan fingerprint density at radius 3 is 1.27 bits per heavy atom. The standard InChI is InChI=1S/C51H35N6O4P/c58-62(49-31-13-28-46(52-49)55-34-16-1-7-22-40(34)59-41-23-8-2-17-35(41)55,50-32-14-29-47(53-50)56-36-18-3-9-24-42(36)60-43-25-10-4-19-37(43)56)51-33-15-30-48(54-51)57-38-20-5-11-26-44(38)61-45-27-12-6-21-39(45)57/h1-34,40H. The number of hydrogen-bond acceptors (Lipinski definition) is 10. The largest absolute Gasteiger partial charge is 0.482 e. The van der Waals surface area contributed by atoms with E-state index < -0.39 is 7.14 Å². The lowest BCUT2D eigenvalue weighted by atomic mass is 10.00. The van der Waals surface area contributed by atoms with Gasteiger partial charge in [0.25, 0.3) is 0 Å². The van der Waals surface area contributed by atoms with E-state index in [1.165, 1.54) is 0 Å². The highest BCUT2D eigenvalue weighted by Gasteiger charge is 2.40. The predicted molar refractivity (Wildman–Crippen MR) is 244 cm³/mol. The molecule has 0 saturated heterocycles. The van der Waals surface area contributed by atoms with E-state index in [-0.39, 0.29) is 12.1 Å². The van der Waals surface area contributed by atoms with Gasteiger partial charge in [0.1, 0.15) is 45.6 Å². The minimum absolute atomic E-state index is 0.192. The minimum Gasteiger partial charge on any atom is -0.482 e. The predicted octanol–water partition coefficient (Wildman–Crippen LogP) is 11.1. The van der Waals surface area contributed by atoms with E-state index in [0.29, 0.717) is 56.8 Å². The molecule has 3 aliphatic heterocycles. The zero-order valence-corrected chi connectivity index (χ0v) is 33.9. The maximum absolute atomic E-state index is 16.9. The van der Waals surface area contributed by atoms with Crippen molar-refractivity contribution in [3.8, 4) is 28.7 Å². The highest BCUT2D eigenvalue weighted by Crippen LogP contribution is 2.52.